The Morgan fingerprint density at radius 1 is 1.50 bits per heavy atom. The van der Waals surface area contributed by atoms with E-state index in [1.807, 2.05) is 0 Å². The van der Waals surface area contributed by atoms with Crippen LogP contribution in [0.15, 0.2) is 23.8 Å². The van der Waals surface area contributed by atoms with Gasteiger partial charge in [-0.1, -0.05) is 44.6 Å². The van der Waals surface area contributed by atoms with Gasteiger partial charge >= 0.3 is 0 Å². The lowest BCUT2D eigenvalue weighted by Gasteiger charge is -2.49. The van der Waals surface area contributed by atoms with Crippen LogP contribution in [0.5, 0.6) is 0 Å². The first kappa shape index (κ1) is 11.9. The minimum Gasteiger partial charge on any atom is -0.393 e. The van der Waals surface area contributed by atoms with Crippen LogP contribution in [0, 0.1) is 17.3 Å². The molecule has 0 radical (unpaired) electrons. The van der Waals surface area contributed by atoms with E-state index in [2.05, 4.69) is 33.4 Å². The number of fused-ring (bicyclic) bond motifs is 1. The highest BCUT2D eigenvalue weighted by Gasteiger charge is 2.46. The van der Waals surface area contributed by atoms with E-state index >= 15 is 0 Å². The number of aliphatic hydroxyl groups excluding tert-OH is 1. The number of hydrogen-bond acceptors (Lipinski definition) is 1. The van der Waals surface area contributed by atoms with Gasteiger partial charge in [-0.25, -0.2) is 0 Å². The van der Waals surface area contributed by atoms with Gasteiger partial charge in [-0.05, 0) is 37.5 Å². The number of hydrogen-bond donors (Lipinski definition) is 1. The predicted molar refractivity (Wildman–Crippen MR) is 68.1 cm³/mol. The Labute approximate surface area is 99.3 Å². The van der Waals surface area contributed by atoms with E-state index < -0.39 is 0 Å². The van der Waals surface area contributed by atoms with Crippen molar-refractivity contribution in [2.75, 3.05) is 0 Å². The summed E-state index contributed by atoms with van der Waals surface area (Å²) < 4.78 is 0. The van der Waals surface area contributed by atoms with Crippen molar-refractivity contribution in [1.82, 2.24) is 0 Å². The third-order valence-corrected chi connectivity index (χ3v) is 4.77. The standard InChI is InChI=1S/C15H24O/c1-10(2)12-7-8-15(4)13(9-12)11(3)5-6-14(15)16/h7,10,13-14,16H,3,5-6,8-9H2,1-2,4H3/t13?,14-,15+/m1/s1. The maximum absolute atomic E-state index is 10.2. The van der Waals surface area contributed by atoms with E-state index in [4.69, 9.17) is 0 Å². The molecule has 0 aromatic carbocycles. The van der Waals surface area contributed by atoms with Crippen LogP contribution in [0.4, 0.5) is 0 Å². The molecule has 0 heterocycles. The molecule has 0 aromatic rings. The Bertz CT molecular complexity index is 326. The van der Waals surface area contributed by atoms with Crippen LogP contribution in [0.25, 0.3) is 0 Å². The zero-order valence-electron chi connectivity index (χ0n) is 10.8. The molecule has 1 unspecified atom stereocenters. The van der Waals surface area contributed by atoms with Gasteiger partial charge in [0.15, 0.2) is 0 Å². The van der Waals surface area contributed by atoms with Gasteiger partial charge in [-0.2, -0.15) is 0 Å². The summed E-state index contributed by atoms with van der Waals surface area (Å²) in [5, 5.41) is 10.2. The van der Waals surface area contributed by atoms with Gasteiger partial charge in [0.05, 0.1) is 6.10 Å². The molecule has 1 saturated carbocycles. The summed E-state index contributed by atoms with van der Waals surface area (Å²) >= 11 is 0. The second-order valence-electron chi connectivity index (χ2n) is 6.11. The zero-order chi connectivity index (χ0) is 11.9. The van der Waals surface area contributed by atoms with Crippen molar-refractivity contribution in [3.05, 3.63) is 23.8 Å². The summed E-state index contributed by atoms with van der Waals surface area (Å²) in [6, 6.07) is 0. The van der Waals surface area contributed by atoms with Gasteiger partial charge in [0.2, 0.25) is 0 Å². The summed E-state index contributed by atoms with van der Waals surface area (Å²) in [5.74, 6) is 1.13. The predicted octanol–water partition coefficient (Wildman–Crippen LogP) is 3.70. The monoisotopic (exact) mass is 220 g/mol. The summed E-state index contributed by atoms with van der Waals surface area (Å²) in [5.41, 5.74) is 2.96. The molecule has 0 amide bonds. The van der Waals surface area contributed by atoms with Crippen molar-refractivity contribution < 1.29 is 5.11 Å². The number of rotatable bonds is 1. The van der Waals surface area contributed by atoms with Crippen molar-refractivity contribution in [2.24, 2.45) is 17.3 Å². The summed E-state index contributed by atoms with van der Waals surface area (Å²) in [4.78, 5) is 0. The highest BCUT2D eigenvalue weighted by molar-refractivity contribution is 5.24. The molecule has 0 saturated heterocycles. The Morgan fingerprint density at radius 3 is 2.81 bits per heavy atom. The van der Waals surface area contributed by atoms with Gasteiger partial charge in [0, 0.05) is 5.41 Å². The molecule has 1 heteroatoms. The fourth-order valence-corrected chi connectivity index (χ4v) is 3.32. The zero-order valence-corrected chi connectivity index (χ0v) is 10.8. The smallest absolute Gasteiger partial charge is 0.0605 e. The molecular weight excluding hydrogens is 196 g/mol. The van der Waals surface area contributed by atoms with Crippen LogP contribution in [0.3, 0.4) is 0 Å². The molecule has 1 fully saturated rings. The van der Waals surface area contributed by atoms with Gasteiger partial charge in [0.25, 0.3) is 0 Å². The van der Waals surface area contributed by atoms with Gasteiger partial charge in [-0.3, -0.25) is 0 Å². The second-order valence-corrected chi connectivity index (χ2v) is 6.11. The fourth-order valence-electron chi connectivity index (χ4n) is 3.32. The largest absolute Gasteiger partial charge is 0.393 e. The van der Waals surface area contributed by atoms with E-state index in [0.29, 0.717) is 11.8 Å². The molecule has 2 rings (SSSR count). The average molecular weight is 220 g/mol. The van der Waals surface area contributed by atoms with E-state index in [1.165, 1.54) is 5.57 Å². The van der Waals surface area contributed by atoms with Crippen LogP contribution < -0.4 is 0 Å². The first-order valence-electron chi connectivity index (χ1n) is 6.50. The maximum Gasteiger partial charge on any atom is 0.0605 e. The van der Waals surface area contributed by atoms with Crippen molar-refractivity contribution in [1.29, 1.82) is 0 Å². The van der Waals surface area contributed by atoms with Gasteiger partial charge in [0.1, 0.15) is 0 Å². The van der Waals surface area contributed by atoms with E-state index in [-0.39, 0.29) is 11.5 Å². The Kier molecular flexibility index (Phi) is 3.00. The van der Waals surface area contributed by atoms with Crippen LogP contribution in [0.2, 0.25) is 0 Å². The Balaban J connectivity index is 2.29. The van der Waals surface area contributed by atoms with Crippen molar-refractivity contribution in [2.45, 2.75) is 52.6 Å². The van der Waals surface area contributed by atoms with Gasteiger partial charge in [-0.15, -0.1) is 0 Å². The third kappa shape index (κ3) is 1.75. The third-order valence-electron chi connectivity index (χ3n) is 4.77. The topological polar surface area (TPSA) is 20.2 Å². The molecule has 2 aliphatic carbocycles. The molecular formula is C15H24O. The highest BCUT2D eigenvalue weighted by Crippen LogP contribution is 2.52. The molecule has 90 valence electrons. The van der Waals surface area contributed by atoms with Crippen molar-refractivity contribution >= 4 is 0 Å². The molecule has 0 aromatic heterocycles. The van der Waals surface area contributed by atoms with Crippen LogP contribution in [-0.2, 0) is 0 Å². The molecule has 0 spiro atoms. The van der Waals surface area contributed by atoms with E-state index in [0.717, 1.165) is 25.7 Å². The lowest BCUT2D eigenvalue weighted by molar-refractivity contribution is -0.0226. The SMILES string of the molecule is C=C1CC[C@@H](O)[C@@]2(C)CC=C(C(C)C)CC12. The summed E-state index contributed by atoms with van der Waals surface area (Å²) in [7, 11) is 0. The normalized spacial score (nSPS) is 39.6. The lowest BCUT2D eigenvalue weighted by Crippen LogP contribution is -2.45. The number of allylic oxidation sites excluding steroid dienone is 3. The minimum atomic E-state index is -0.145. The molecule has 0 bridgehead atoms. The van der Waals surface area contributed by atoms with Crippen LogP contribution >= 0.6 is 0 Å². The minimum absolute atomic E-state index is 0.0493. The first-order valence-corrected chi connectivity index (χ1v) is 6.50. The Morgan fingerprint density at radius 2 is 2.19 bits per heavy atom. The van der Waals surface area contributed by atoms with Crippen LogP contribution in [-0.4, -0.2) is 11.2 Å². The van der Waals surface area contributed by atoms with E-state index in [9.17, 15) is 5.11 Å². The first-order chi connectivity index (χ1) is 7.45. The fraction of sp³-hybridized carbons (Fsp3) is 0.733. The summed E-state index contributed by atoms with van der Waals surface area (Å²) in [6.07, 6.45) is 6.26. The molecule has 2 aliphatic rings. The molecule has 1 N–H and O–H groups in total. The maximum atomic E-state index is 10.2. The summed E-state index contributed by atoms with van der Waals surface area (Å²) in [6.45, 7) is 11.0. The Hall–Kier alpha value is -0.560. The highest BCUT2D eigenvalue weighted by atomic mass is 16.3. The van der Waals surface area contributed by atoms with Crippen LogP contribution in [0.1, 0.15) is 46.5 Å². The second kappa shape index (κ2) is 4.03. The van der Waals surface area contributed by atoms with Gasteiger partial charge < -0.3 is 5.11 Å². The van der Waals surface area contributed by atoms with Crippen molar-refractivity contribution in [3.8, 4) is 0 Å². The van der Waals surface area contributed by atoms with E-state index in [1.54, 1.807) is 5.57 Å². The molecule has 3 atom stereocenters. The lowest BCUT2D eigenvalue weighted by atomic mass is 9.57. The number of aliphatic hydroxyl groups is 1. The average Bonchev–Trinajstić information content (AvgIpc) is 2.24. The quantitative estimate of drug-likeness (QED) is 0.668. The molecule has 16 heavy (non-hydrogen) atoms. The molecule has 0 aliphatic heterocycles. The molecule has 1 nitrogen and oxygen atoms in total. The van der Waals surface area contributed by atoms with Crippen molar-refractivity contribution in [3.63, 3.8) is 0 Å².